The number of hydrogen-bond donors (Lipinski definition) is 0. The summed E-state index contributed by atoms with van der Waals surface area (Å²) in [4.78, 5) is 4.25. The molecule has 17 heavy (non-hydrogen) atoms. The summed E-state index contributed by atoms with van der Waals surface area (Å²) in [5, 5.41) is 9.47. The molecule has 1 aromatic heterocycles. The van der Waals surface area contributed by atoms with E-state index < -0.39 is 0 Å². The Balaban J connectivity index is 2.38. The molecule has 2 aromatic rings. The summed E-state index contributed by atoms with van der Waals surface area (Å²) in [5.41, 5.74) is 2.45. The first-order valence-corrected chi connectivity index (χ1v) is 6.16. The van der Waals surface area contributed by atoms with E-state index in [1.54, 1.807) is 12.1 Å². The van der Waals surface area contributed by atoms with Crippen molar-refractivity contribution in [1.82, 2.24) is 4.98 Å². The standard InChI is InChI=1S/C13H8BrClN2/c14-11-5-6-13(15)17-12(11)7-9-3-1-2-4-10(9)8-16/h1-6H,7H2. The van der Waals surface area contributed by atoms with Crippen molar-refractivity contribution in [1.29, 1.82) is 5.26 Å². The van der Waals surface area contributed by atoms with Crippen LogP contribution in [-0.4, -0.2) is 4.98 Å². The zero-order valence-corrected chi connectivity index (χ0v) is 11.2. The van der Waals surface area contributed by atoms with E-state index in [1.807, 2.05) is 24.3 Å². The molecule has 0 aliphatic carbocycles. The van der Waals surface area contributed by atoms with Crippen molar-refractivity contribution in [3.63, 3.8) is 0 Å². The molecule has 0 aliphatic rings. The Morgan fingerprint density at radius 3 is 2.76 bits per heavy atom. The van der Waals surface area contributed by atoms with Gasteiger partial charge in [0.1, 0.15) is 5.15 Å². The van der Waals surface area contributed by atoms with E-state index >= 15 is 0 Å². The summed E-state index contributed by atoms with van der Waals surface area (Å²) >= 11 is 9.29. The summed E-state index contributed by atoms with van der Waals surface area (Å²) in [6, 6.07) is 13.2. The molecule has 1 heterocycles. The third-order valence-electron chi connectivity index (χ3n) is 2.38. The maximum atomic E-state index is 9.01. The van der Waals surface area contributed by atoms with Crippen LogP contribution in [0.3, 0.4) is 0 Å². The van der Waals surface area contributed by atoms with Gasteiger partial charge in [-0.1, -0.05) is 29.8 Å². The molecule has 0 N–H and O–H groups in total. The fourth-order valence-electron chi connectivity index (χ4n) is 1.55. The summed E-state index contributed by atoms with van der Waals surface area (Å²) in [5.74, 6) is 0. The van der Waals surface area contributed by atoms with Crippen LogP contribution < -0.4 is 0 Å². The van der Waals surface area contributed by atoms with Crippen LogP contribution in [-0.2, 0) is 6.42 Å². The normalized spacial score (nSPS) is 9.94. The number of nitrogens with zero attached hydrogens (tertiary/aromatic N) is 2. The highest BCUT2D eigenvalue weighted by Gasteiger charge is 2.07. The van der Waals surface area contributed by atoms with Gasteiger partial charge < -0.3 is 0 Å². The average Bonchev–Trinajstić information content (AvgIpc) is 2.34. The quantitative estimate of drug-likeness (QED) is 0.787. The second kappa shape index (κ2) is 5.31. The van der Waals surface area contributed by atoms with Gasteiger partial charge in [-0.25, -0.2) is 4.98 Å². The Kier molecular flexibility index (Phi) is 3.78. The first kappa shape index (κ1) is 12.1. The Morgan fingerprint density at radius 2 is 2.00 bits per heavy atom. The monoisotopic (exact) mass is 306 g/mol. The van der Waals surface area contributed by atoms with E-state index in [-0.39, 0.29) is 0 Å². The largest absolute Gasteiger partial charge is 0.240 e. The molecule has 0 saturated carbocycles. The molecule has 2 nitrogen and oxygen atoms in total. The Morgan fingerprint density at radius 1 is 1.24 bits per heavy atom. The molecule has 0 aliphatic heterocycles. The molecule has 84 valence electrons. The molecule has 0 bridgehead atoms. The second-order valence-electron chi connectivity index (χ2n) is 3.51. The van der Waals surface area contributed by atoms with Gasteiger partial charge in [-0.2, -0.15) is 5.26 Å². The predicted octanol–water partition coefficient (Wildman–Crippen LogP) is 3.96. The van der Waals surface area contributed by atoms with Crippen molar-refractivity contribution in [2.75, 3.05) is 0 Å². The van der Waals surface area contributed by atoms with Gasteiger partial charge in [-0.3, -0.25) is 0 Å². The third kappa shape index (κ3) is 2.85. The van der Waals surface area contributed by atoms with Gasteiger partial charge in [-0.05, 0) is 39.7 Å². The molecule has 0 atom stereocenters. The van der Waals surface area contributed by atoms with Crippen molar-refractivity contribution in [2.45, 2.75) is 6.42 Å². The number of nitriles is 1. The molecular weight excluding hydrogens is 300 g/mol. The van der Waals surface area contributed by atoms with E-state index in [0.717, 1.165) is 15.7 Å². The minimum Gasteiger partial charge on any atom is -0.240 e. The molecule has 0 spiro atoms. The number of hydrogen-bond acceptors (Lipinski definition) is 2. The topological polar surface area (TPSA) is 36.7 Å². The van der Waals surface area contributed by atoms with Crippen LogP contribution >= 0.6 is 27.5 Å². The van der Waals surface area contributed by atoms with E-state index in [4.69, 9.17) is 16.9 Å². The first-order chi connectivity index (χ1) is 8.20. The summed E-state index contributed by atoms with van der Waals surface area (Å²) < 4.78 is 0.898. The molecule has 2 rings (SSSR count). The molecular formula is C13H8BrClN2. The van der Waals surface area contributed by atoms with Gasteiger partial charge in [0.05, 0.1) is 17.3 Å². The fraction of sp³-hybridized carbons (Fsp3) is 0.0769. The number of benzene rings is 1. The highest BCUT2D eigenvalue weighted by molar-refractivity contribution is 9.10. The lowest BCUT2D eigenvalue weighted by Crippen LogP contribution is -1.96. The Bertz CT molecular complexity index is 590. The van der Waals surface area contributed by atoms with Crippen molar-refractivity contribution < 1.29 is 0 Å². The molecule has 0 unspecified atom stereocenters. The lowest BCUT2D eigenvalue weighted by molar-refractivity contribution is 1.05. The predicted molar refractivity (Wildman–Crippen MR) is 70.9 cm³/mol. The Hall–Kier alpha value is -1.37. The van der Waals surface area contributed by atoms with Gasteiger partial charge >= 0.3 is 0 Å². The van der Waals surface area contributed by atoms with Crippen LogP contribution in [0.25, 0.3) is 0 Å². The van der Waals surface area contributed by atoms with Crippen molar-refractivity contribution in [3.8, 4) is 6.07 Å². The van der Waals surface area contributed by atoms with Gasteiger partial charge in [0.25, 0.3) is 0 Å². The van der Waals surface area contributed by atoms with Crippen molar-refractivity contribution >= 4 is 27.5 Å². The molecule has 4 heteroatoms. The lowest BCUT2D eigenvalue weighted by atomic mass is 10.0. The van der Waals surface area contributed by atoms with E-state index in [1.165, 1.54) is 0 Å². The molecule has 0 saturated heterocycles. The van der Waals surface area contributed by atoms with Crippen LogP contribution in [0.5, 0.6) is 0 Å². The van der Waals surface area contributed by atoms with Gasteiger partial charge in [0.2, 0.25) is 0 Å². The molecule has 0 fully saturated rings. The number of aromatic nitrogens is 1. The van der Waals surface area contributed by atoms with Crippen molar-refractivity contribution in [2.24, 2.45) is 0 Å². The highest BCUT2D eigenvalue weighted by Crippen LogP contribution is 2.21. The maximum absolute atomic E-state index is 9.01. The minimum absolute atomic E-state index is 0.456. The van der Waals surface area contributed by atoms with Gasteiger partial charge in [0.15, 0.2) is 0 Å². The highest BCUT2D eigenvalue weighted by atomic mass is 79.9. The smallest absolute Gasteiger partial charge is 0.129 e. The number of pyridine rings is 1. The fourth-order valence-corrected chi connectivity index (χ4v) is 2.07. The number of rotatable bonds is 2. The van der Waals surface area contributed by atoms with Crippen LogP contribution in [0.1, 0.15) is 16.8 Å². The SMILES string of the molecule is N#Cc1ccccc1Cc1nc(Cl)ccc1Br. The first-order valence-electron chi connectivity index (χ1n) is 4.99. The van der Waals surface area contributed by atoms with Gasteiger partial charge in [0, 0.05) is 10.9 Å². The van der Waals surface area contributed by atoms with Crippen LogP contribution in [0.2, 0.25) is 5.15 Å². The maximum Gasteiger partial charge on any atom is 0.129 e. The average molecular weight is 308 g/mol. The van der Waals surface area contributed by atoms with Crippen LogP contribution in [0.4, 0.5) is 0 Å². The summed E-state index contributed by atoms with van der Waals surface area (Å²) in [6.07, 6.45) is 0.588. The molecule has 1 aromatic carbocycles. The Labute approximate surface area is 113 Å². The van der Waals surface area contributed by atoms with Crippen molar-refractivity contribution in [3.05, 3.63) is 62.8 Å². The zero-order valence-electron chi connectivity index (χ0n) is 8.82. The second-order valence-corrected chi connectivity index (χ2v) is 4.75. The zero-order chi connectivity index (χ0) is 12.3. The summed E-state index contributed by atoms with van der Waals surface area (Å²) in [6.45, 7) is 0. The molecule has 0 amide bonds. The number of halogens is 2. The summed E-state index contributed by atoms with van der Waals surface area (Å²) in [7, 11) is 0. The van der Waals surface area contributed by atoms with Crippen LogP contribution in [0.15, 0.2) is 40.9 Å². The van der Waals surface area contributed by atoms with E-state index in [2.05, 4.69) is 27.0 Å². The van der Waals surface area contributed by atoms with E-state index in [9.17, 15) is 0 Å². The minimum atomic E-state index is 0.456. The van der Waals surface area contributed by atoms with Crippen LogP contribution in [0, 0.1) is 11.3 Å². The lowest BCUT2D eigenvalue weighted by Gasteiger charge is -2.05. The van der Waals surface area contributed by atoms with Gasteiger partial charge in [-0.15, -0.1) is 0 Å². The third-order valence-corrected chi connectivity index (χ3v) is 3.31. The van der Waals surface area contributed by atoms with E-state index in [0.29, 0.717) is 17.1 Å². The molecule has 0 radical (unpaired) electrons.